The first-order valence-electron chi connectivity index (χ1n) is 10.5. The topological polar surface area (TPSA) is 79.0 Å². The third-order valence-corrected chi connectivity index (χ3v) is 5.53. The molecule has 1 atom stereocenters. The van der Waals surface area contributed by atoms with E-state index >= 15 is 0 Å². The number of carbonyl (C=O) groups is 3. The molecule has 2 aromatic rings. The fourth-order valence-corrected chi connectivity index (χ4v) is 3.69. The van der Waals surface area contributed by atoms with Crippen LogP contribution in [0.25, 0.3) is 0 Å². The van der Waals surface area contributed by atoms with Crippen LogP contribution in [0.3, 0.4) is 0 Å². The Bertz CT molecular complexity index is 987. The molecule has 31 heavy (non-hydrogen) atoms. The Kier molecular flexibility index (Phi) is 7.07. The zero-order chi connectivity index (χ0) is 22.5. The Morgan fingerprint density at radius 1 is 1.10 bits per heavy atom. The monoisotopic (exact) mass is 423 g/mol. The second-order valence-electron chi connectivity index (χ2n) is 7.84. The maximum atomic E-state index is 12.8. The SMILES string of the molecule is CCCCN1C(=O)c2ccc(C(=O)NC[C@H](c3cccc(OC)c3)N(C)C)cc2C1=O. The van der Waals surface area contributed by atoms with Crippen LogP contribution in [0.2, 0.25) is 0 Å². The Balaban J connectivity index is 1.73. The molecule has 1 heterocycles. The molecule has 0 fully saturated rings. The van der Waals surface area contributed by atoms with Crippen molar-refractivity contribution < 1.29 is 19.1 Å². The van der Waals surface area contributed by atoms with E-state index in [2.05, 4.69) is 5.32 Å². The predicted octanol–water partition coefficient (Wildman–Crippen LogP) is 3.12. The first-order valence-corrected chi connectivity index (χ1v) is 10.5. The number of rotatable bonds is 9. The molecule has 0 bridgehead atoms. The molecule has 1 aliphatic heterocycles. The lowest BCUT2D eigenvalue weighted by Gasteiger charge is -2.25. The van der Waals surface area contributed by atoms with Crippen LogP contribution >= 0.6 is 0 Å². The maximum absolute atomic E-state index is 12.8. The molecular weight excluding hydrogens is 394 g/mol. The van der Waals surface area contributed by atoms with E-state index in [1.807, 2.05) is 50.2 Å². The minimum atomic E-state index is -0.328. The molecule has 0 radical (unpaired) electrons. The third-order valence-electron chi connectivity index (χ3n) is 5.53. The highest BCUT2D eigenvalue weighted by Gasteiger charge is 2.35. The maximum Gasteiger partial charge on any atom is 0.261 e. The average molecular weight is 424 g/mol. The molecule has 3 amide bonds. The van der Waals surface area contributed by atoms with Crippen LogP contribution in [-0.2, 0) is 0 Å². The van der Waals surface area contributed by atoms with Crippen LogP contribution in [-0.4, -0.2) is 61.8 Å². The molecule has 0 aliphatic carbocycles. The molecule has 2 aromatic carbocycles. The van der Waals surface area contributed by atoms with Crippen molar-refractivity contribution in [3.8, 4) is 5.75 Å². The van der Waals surface area contributed by atoms with E-state index in [9.17, 15) is 14.4 Å². The smallest absolute Gasteiger partial charge is 0.261 e. The summed E-state index contributed by atoms with van der Waals surface area (Å²) in [6, 6.07) is 12.4. The molecule has 164 valence electrons. The van der Waals surface area contributed by atoms with Gasteiger partial charge in [0.05, 0.1) is 24.3 Å². The summed E-state index contributed by atoms with van der Waals surface area (Å²) in [4.78, 5) is 41.2. The number of imide groups is 1. The minimum Gasteiger partial charge on any atom is -0.497 e. The Morgan fingerprint density at radius 2 is 1.84 bits per heavy atom. The standard InChI is InChI=1S/C24H29N3O4/c1-5-6-12-27-23(29)19-11-10-17(14-20(19)24(27)30)22(28)25-15-21(26(2)3)16-8-7-9-18(13-16)31-4/h7-11,13-14,21H,5-6,12,15H2,1-4H3,(H,25,28)/t21-/m1/s1. The van der Waals surface area contributed by atoms with Gasteiger partial charge in [-0.05, 0) is 56.4 Å². The van der Waals surface area contributed by atoms with Gasteiger partial charge in [0, 0.05) is 18.7 Å². The van der Waals surface area contributed by atoms with E-state index in [1.54, 1.807) is 19.2 Å². The summed E-state index contributed by atoms with van der Waals surface area (Å²) in [5.41, 5.74) is 2.04. The highest BCUT2D eigenvalue weighted by atomic mass is 16.5. The number of benzene rings is 2. The molecule has 7 heteroatoms. The van der Waals surface area contributed by atoms with Crippen molar-refractivity contribution in [2.75, 3.05) is 34.3 Å². The average Bonchev–Trinajstić information content (AvgIpc) is 3.01. The summed E-state index contributed by atoms with van der Waals surface area (Å²) < 4.78 is 5.30. The number of nitrogens with zero attached hydrogens (tertiary/aromatic N) is 2. The van der Waals surface area contributed by atoms with E-state index in [1.165, 1.54) is 11.0 Å². The van der Waals surface area contributed by atoms with Crippen molar-refractivity contribution in [1.29, 1.82) is 0 Å². The van der Waals surface area contributed by atoms with Gasteiger partial charge in [0.1, 0.15) is 5.75 Å². The summed E-state index contributed by atoms with van der Waals surface area (Å²) in [5, 5.41) is 2.95. The van der Waals surface area contributed by atoms with Crippen LogP contribution < -0.4 is 10.1 Å². The molecule has 0 aromatic heterocycles. The number of ether oxygens (including phenoxy) is 1. The largest absolute Gasteiger partial charge is 0.497 e. The van der Waals surface area contributed by atoms with E-state index in [0.29, 0.717) is 29.8 Å². The molecule has 1 aliphatic rings. The van der Waals surface area contributed by atoms with Crippen LogP contribution in [0.4, 0.5) is 0 Å². The molecule has 7 nitrogen and oxygen atoms in total. The summed E-state index contributed by atoms with van der Waals surface area (Å²) in [7, 11) is 5.51. The van der Waals surface area contributed by atoms with Gasteiger partial charge in [-0.2, -0.15) is 0 Å². The molecule has 0 saturated heterocycles. The zero-order valence-electron chi connectivity index (χ0n) is 18.5. The Labute approximate surface area is 183 Å². The van der Waals surface area contributed by atoms with Crippen LogP contribution in [0.5, 0.6) is 5.75 Å². The third kappa shape index (κ3) is 4.77. The first-order chi connectivity index (χ1) is 14.9. The van der Waals surface area contributed by atoms with Gasteiger partial charge in [0.15, 0.2) is 0 Å². The molecule has 0 unspecified atom stereocenters. The highest BCUT2D eigenvalue weighted by molar-refractivity contribution is 6.22. The van der Waals surface area contributed by atoms with Crippen molar-refractivity contribution in [2.45, 2.75) is 25.8 Å². The number of hydrogen-bond donors (Lipinski definition) is 1. The van der Waals surface area contributed by atoms with E-state index in [-0.39, 0.29) is 23.8 Å². The number of unbranched alkanes of at least 4 members (excludes halogenated alkanes) is 1. The molecule has 3 rings (SSSR count). The van der Waals surface area contributed by atoms with Crippen molar-refractivity contribution in [2.24, 2.45) is 0 Å². The predicted molar refractivity (Wildman–Crippen MR) is 118 cm³/mol. The fourth-order valence-electron chi connectivity index (χ4n) is 3.69. The number of nitrogens with one attached hydrogen (secondary N) is 1. The van der Waals surface area contributed by atoms with Crippen molar-refractivity contribution in [3.63, 3.8) is 0 Å². The van der Waals surface area contributed by atoms with E-state index < -0.39 is 0 Å². The van der Waals surface area contributed by atoms with Gasteiger partial charge in [-0.3, -0.25) is 19.3 Å². The Morgan fingerprint density at radius 3 is 2.52 bits per heavy atom. The summed E-state index contributed by atoms with van der Waals surface area (Å²) >= 11 is 0. The normalized spacial score (nSPS) is 14.0. The quantitative estimate of drug-likeness (QED) is 0.627. The summed E-state index contributed by atoms with van der Waals surface area (Å²) in [5.74, 6) is -0.147. The summed E-state index contributed by atoms with van der Waals surface area (Å²) in [6.07, 6.45) is 1.65. The number of hydrogen-bond acceptors (Lipinski definition) is 5. The lowest BCUT2D eigenvalue weighted by atomic mass is 10.0. The summed E-state index contributed by atoms with van der Waals surface area (Å²) in [6.45, 7) is 2.79. The van der Waals surface area contributed by atoms with Crippen LogP contribution in [0.15, 0.2) is 42.5 Å². The minimum absolute atomic E-state index is 0.0544. The highest BCUT2D eigenvalue weighted by Crippen LogP contribution is 2.25. The second kappa shape index (κ2) is 9.75. The van der Waals surface area contributed by atoms with Crippen LogP contribution in [0, 0.1) is 0 Å². The lowest BCUT2D eigenvalue weighted by molar-refractivity contribution is 0.0652. The van der Waals surface area contributed by atoms with Crippen molar-refractivity contribution in [1.82, 2.24) is 15.1 Å². The van der Waals surface area contributed by atoms with Gasteiger partial charge in [-0.15, -0.1) is 0 Å². The molecule has 1 N–H and O–H groups in total. The lowest BCUT2D eigenvalue weighted by Crippen LogP contribution is -2.34. The fraction of sp³-hybridized carbons (Fsp3) is 0.375. The second-order valence-corrected chi connectivity index (χ2v) is 7.84. The molecule has 0 spiro atoms. The van der Waals surface area contributed by atoms with Crippen molar-refractivity contribution >= 4 is 17.7 Å². The number of amides is 3. The van der Waals surface area contributed by atoms with Gasteiger partial charge in [0.2, 0.25) is 0 Å². The zero-order valence-corrected chi connectivity index (χ0v) is 18.5. The number of likely N-dealkylation sites (N-methyl/N-ethyl adjacent to an activating group) is 1. The first kappa shape index (κ1) is 22.5. The number of carbonyl (C=O) groups excluding carboxylic acids is 3. The number of methoxy groups -OCH3 is 1. The molecule has 0 saturated carbocycles. The number of fused-ring (bicyclic) bond motifs is 1. The van der Waals surface area contributed by atoms with E-state index in [4.69, 9.17) is 4.74 Å². The van der Waals surface area contributed by atoms with Gasteiger partial charge in [-0.25, -0.2) is 0 Å². The molecular formula is C24H29N3O4. The van der Waals surface area contributed by atoms with E-state index in [0.717, 1.165) is 24.2 Å². The van der Waals surface area contributed by atoms with Crippen LogP contribution in [0.1, 0.15) is 62.4 Å². The Hall–Kier alpha value is -3.19. The van der Waals surface area contributed by atoms with Gasteiger partial charge in [0.25, 0.3) is 17.7 Å². The van der Waals surface area contributed by atoms with Gasteiger partial charge in [-0.1, -0.05) is 25.5 Å². The van der Waals surface area contributed by atoms with Crippen molar-refractivity contribution in [3.05, 3.63) is 64.7 Å². The van der Waals surface area contributed by atoms with Gasteiger partial charge >= 0.3 is 0 Å². The van der Waals surface area contributed by atoms with Gasteiger partial charge < -0.3 is 15.0 Å².